The molecular weight excluding hydrogens is 1050 g/mol. The molecule has 74 heavy (non-hydrogen) atoms. The van der Waals surface area contributed by atoms with Crippen molar-refractivity contribution in [3.8, 4) is 0 Å². The second-order valence-electron chi connectivity index (χ2n) is 18.3. The molecule has 3 heterocycles. The molecule has 3 aliphatic rings. The lowest BCUT2D eigenvalue weighted by molar-refractivity contribution is -0.462. The van der Waals surface area contributed by atoms with Gasteiger partial charge in [-0.15, -0.1) is 0 Å². The van der Waals surface area contributed by atoms with E-state index >= 15 is 0 Å². The van der Waals surface area contributed by atoms with Crippen molar-refractivity contribution in [2.45, 2.75) is 56.6 Å². The maximum absolute atomic E-state index is 14.3. The molecule has 1 fully saturated rings. The number of amides is 3. The van der Waals surface area contributed by atoms with Crippen LogP contribution in [0.25, 0.3) is 16.7 Å². The number of nitrogens with one attached hydrogen (secondary N) is 2. The third kappa shape index (κ3) is 12.7. The van der Waals surface area contributed by atoms with Crippen LogP contribution in [0.3, 0.4) is 0 Å². The molecule has 2 aliphatic carbocycles. The molecule has 25 nitrogen and oxygen atoms in total. The number of hydrogen-bond donors (Lipinski definition) is 8. The van der Waals surface area contributed by atoms with Gasteiger partial charge in [0.2, 0.25) is 5.91 Å². The number of carbonyl (C=O) groups excluding carboxylic acids is 3. The number of benzene rings is 2. The Morgan fingerprint density at radius 3 is 2.38 bits per heavy atom. The SMILES string of the molecule is CN(CCCC(=O)NCCNC(=O)O[C@H]1[C@@H](O)[C@H](n2cnc3c(N)ncnc32)O[C@@H]1COP(=O)(O)OP(=O)(O)OP(O)(O)=S)C(=O)c1ccccc1C1=C2C=CC(=[N+](C)C)C=C2C(C)(C)c2cc(N(C)C)ccc21. The number of nitrogen functional groups attached to an aromatic ring is 1. The molecule has 0 spiro atoms. The van der Waals surface area contributed by atoms with Crippen LogP contribution in [-0.4, -0.2) is 157 Å². The van der Waals surface area contributed by atoms with Gasteiger partial charge in [0.05, 0.1) is 12.9 Å². The molecule has 0 radical (unpaired) electrons. The van der Waals surface area contributed by atoms with Crippen molar-refractivity contribution in [1.29, 1.82) is 0 Å². The van der Waals surface area contributed by atoms with Crippen molar-refractivity contribution in [3.63, 3.8) is 0 Å². The Hall–Kier alpha value is -5.56. The molecule has 3 amide bonds. The molecule has 398 valence electrons. The summed E-state index contributed by atoms with van der Waals surface area (Å²) in [6.07, 6.45) is 1.48. The second-order valence-corrected chi connectivity index (χ2v) is 24.1. The van der Waals surface area contributed by atoms with E-state index in [-0.39, 0.29) is 60.3 Å². The van der Waals surface area contributed by atoms with Gasteiger partial charge in [-0.3, -0.25) is 18.7 Å². The van der Waals surface area contributed by atoms with Gasteiger partial charge in [-0.1, -0.05) is 38.1 Å². The van der Waals surface area contributed by atoms with Crippen LogP contribution in [0, 0.1) is 0 Å². The average molecular weight is 1100 g/mol. The Labute approximate surface area is 430 Å². The fourth-order valence-electron chi connectivity index (χ4n) is 8.72. The van der Waals surface area contributed by atoms with Gasteiger partial charge in [0, 0.05) is 76.0 Å². The maximum Gasteiger partial charge on any atom is 0.488 e. The molecule has 1 aliphatic heterocycles. The number of alkyl carbamates (subject to hydrolysis) is 1. The highest BCUT2D eigenvalue weighted by Gasteiger charge is 2.50. The molecule has 2 unspecified atom stereocenters. The van der Waals surface area contributed by atoms with E-state index in [0.29, 0.717) is 12.0 Å². The number of phosphoric acid groups is 2. The number of anilines is 2. The number of hydrogen-bond acceptors (Lipinski definition) is 17. The van der Waals surface area contributed by atoms with Gasteiger partial charge < -0.3 is 60.3 Å². The topological polar surface area (TPSA) is 336 Å². The molecule has 7 rings (SSSR count). The zero-order valence-electron chi connectivity index (χ0n) is 41.3. The first kappa shape index (κ1) is 56.2. The van der Waals surface area contributed by atoms with E-state index < -0.39 is 59.6 Å². The van der Waals surface area contributed by atoms with E-state index in [4.69, 9.17) is 19.7 Å². The van der Waals surface area contributed by atoms with Crippen LogP contribution in [0.15, 0.2) is 84.5 Å². The van der Waals surface area contributed by atoms with Crippen molar-refractivity contribution in [2.75, 3.05) is 72.1 Å². The standard InChI is InChI=1S/C45H57N10O15P3S/c1-45(2)32-21-26(52(3)4)14-16-30(32)36(31-17-15-27(53(5)6)22-33(31)45)28-11-8-9-12-29(28)42(58)54(7)20-10-13-35(56)47-18-19-48-44(59)68-39-34(23-66-71(60,61)69-72(62,63)70-73(64,65)74)67-43(38(39)57)55-25-51-37-40(46)49-24-50-41(37)55/h8-9,11-12,14-17,21-22,24-25,34,38-39,43,57H,10,13,18-20,23H2,1-7H3,(H7-,46,47,48,49,50,56,59,60,61,62,63,64,65,74)/p+1/t34-,38-,39-,43-/m1/s1. The predicted octanol–water partition coefficient (Wildman–Crippen LogP) is 3.26. The first-order valence-electron chi connectivity index (χ1n) is 22.8. The van der Waals surface area contributed by atoms with E-state index in [1.54, 1.807) is 11.9 Å². The number of phosphoric ester groups is 1. The highest BCUT2D eigenvalue weighted by Crippen LogP contribution is 2.66. The Morgan fingerprint density at radius 2 is 1.68 bits per heavy atom. The van der Waals surface area contributed by atoms with Crippen molar-refractivity contribution in [1.82, 2.24) is 35.1 Å². The number of nitrogens with two attached hydrogens (primary N) is 1. The Bertz CT molecular complexity index is 3140. The fraction of sp³-hybridized carbons (Fsp3) is 0.400. The second kappa shape index (κ2) is 22.3. The number of aliphatic hydroxyl groups excluding tert-OH is 1. The van der Waals surface area contributed by atoms with E-state index in [9.17, 15) is 48.2 Å². The fourth-order valence-corrected chi connectivity index (χ4v) is 12.5. The van der Waals surface area contributed by atoms with Gasteiger partial charge >= 0.3 is 28.5 Å². The minimum Gasteiger partial charge on any atom is -0.440 e. The molecule has 29 heteroatoms. The first-order chi connectivity index (χ1) is 34.7. The zero-order chi connectivity index (χ0) is 54.1. The van der Waals surface area contributed by atoms with Crippen LogP contribution < -0.4 is 21.3 Å². The highest BCUT2D eigenvalue weighted by molar-refractivity contribution is 8.08. The van der Waals surface area contributed by atoms with Crippen LogP contribution in [0.2, 0.25) is 0 Å². The number of imidazole rings is 1. The highest BCUT2D eigenvalue weighted by atomic mass is 32.5. The smallest absolute Gasteiger partial charge is 0.440 e. The summed E-state index contributed by atoms with van der Waals surface area (Å²) in [7, 11) is -1.55. The normalized spacial score (nSPS) is 20.7. The van der Waals surface area contributed by atoms with Crippen LogP contribution in [0.1, 0.15) is 60.0 Å². The molecule has 0 saturated carbocycles. The summed E-state index contributed by atoms with van der Waals surface area (Å²) in [5.74, 6) is -0.600. The van der Waals surface area contributed by atoms with E-state index in [1.807, 2.05) is 52.5 Å². The third-order valence-electron chi connectivity index (χ3n) is 12.3. The number of aromatic nitrogens is 4. The summed E-state index contributed by atoms with van der Waals surface area (Å²) < 4.78 is 52.0. The molecule has 9 N–H and O–H groups in total. The maximum atomic E-state index is 14.3. The Balaban J connectivity index is 0.953. The predicted molar refractivity (Wildman–Crippen MR) is 274 cm³/mol. The summed E-state index contributed by atoms with van der Waals surface area (Å²) in [5, 5.41) is 16.5. The number of ether oxygens (including phenoxy) is 2. The molecule has 0 bridgehead atoms. The third-order valence-corrected chi connectivity index (χ3v) is 16.7. The zero-order valence-corrected chi connectivity index (χ0v) is 44.8. The largest absolute Gasteiger partial charge is 0.488 e. The lowest BCUT2D eigenvalue weighted by Gasteiger charge is -2.39. The van der Waals surface area contributed by atoms with Crippen molar-refractivity contribution in [3.05, 3.63) is 107 Å². The van der Waals surface area contributed by atoms with Crippen LogP contribution >= 0.6 is 22.4 Å². The number of rotatable bonds is 19. The van der Waals surface area contributed by atoms with Crippen LogP contribution in [-0.2, 0) is 53.8 Å². The average Bonchev–Trinajstić information content (AvgIpc) is 3.88. The quantitative estimate of drug-likeness (QED) is 0.0379. The monoisotopic (exact) mass is 1100 g/mol. The van der Waals surface area contributed by atoms with Crippen LogP contribution in [0.5, 0.6) is 0 Å². The minimum atomic E-state index is -5.68. The van der Waals surface area contributed by atoms with Gasteiger partial charge in [-0.2, -0.15) is 4.31 Å². The minimum absolute atomic E-state index is 0.0136. The van der Waals surface area contributed by atoms with Gasteiger partial charge in [0.1, 0.15) is 38.1 Å². The Kier molecular flexibility index (Phi) is 17.0. The molecule has 2 aromatic carbocycles. The van der Waals surface area contributed by atoms with Crippen molar-refractivity contribution < 1.29 is 75.4 Å². The number of aliphatic hydroxyl groups is 1. The van der Waals surface area contributed by atoms with Gasteiger partial charge in [0.15, 0.2) is 29.5 Å². The van der Waals surface area contributed by atoms with Crippen LogP contribution in [0.4, 0.5) is 16.3 Å². The number of carbonyl (C=O) groups is 3. The molecular formula is C45H58N10O15P3S+. The lowest BCUT2D eigenvalue weighted by Crippen LogP contribution is -2.42. The van der Waals surface area contributed by atoms with Gasteiger partial charge in [0.25, 0.3) is 5.91 Å². The Morgan fingerprint density at radius 1 is 0.959 bits per heavy atom. The summed E-state index contributed by atoms with van der Waals surface area (Å²) >= 11 is 4.10. The summed E-state index contributed by atoms with van der Waals surface area (Å²) in [6, 6.07) is 14.0. The van der Waals surface area contributed by atoms with E-state index in [1.165, 1.54) is 10.9 Å². The molecule has 1 saturated heterocycles. The van der Waals surface area contributed by atoms with Crippen molar-refractivity contribution >= 4 is 86.0 Å². The first-order valence-corrected chi connectivity index (χ1v) is 28.4. The molecule has 2 aromatic heterocycles. The molecule has 4 aromatic rings. The lowest BCUT2D eigenvalue weighted by atomic mass is 9.64. The number of allylic oxidation sites excluding steroid dienone is 5. The summed E-state index contributed by atoms with van der Waals surface area (Å²) in [5.41, 5.74) is 14.5. The molecule has 6 atom stereocenters. The number of nitrogens with zero attached hydrogens (tertiary/aromatic N) is 7. The van der Waals surface area contributed by atoms with Gasteiger partial charge in [-0.05, 0) is 75.9 Å². The number of fused-ring (bicyclic) bond motifs is 3. The van der Waals surface area contributed by atoms with E-state index in [0.717, 1.165) is 51.1 Å². The van der Waals surface area contributed by atoms with Gasteiger partial charge in [-0.25, -0.2) is 37.8 Å². The summed E-state index contributed by atoms with van der Waals surface area (Å²) in [4.78, 5) is 94.3. The van der Waals surface area contributed by atoms with E-state index in [2.05, 4.69) is 106 Å². The summed E-state index contributed by atoms with van der Waals surface area (Å²) in [6.45, 7) is -1.43. The van der Waals surface area contributed by atoms with Crippen molar-refractivity contribution in [2.24, 2.45) is 0 Å².